The van der Waals surface area contributed by atoms with Gasteiger partial charge in [0.1, 0.15) is 12.0 Å². The van der Waals surface area contributed by atoms with Gasteiger partial charge in [-0.3, -0.25) is 14.9 Å². The number of benzene rings is 2. The van der Waals surface area contributed by atoms with Gasteiger partial charge in [0.15, 0.2) is 0 Å². The third-order valence-electron chi connectivity index (χ3n) is 5.68. The normalized spacial score (nSPS) is 24.5. The lowest BCUT2D eigenvalue weighted by atomic mass is 9.64. The van der Waals surface area contributed by atoms with Crippen LogP contribution in [0.3, 0.4) is 0 Å². The van der Waals surface area contributed by atoms with E-state index in [0.29, 0.717) is 16.9 Å². The Morgan fingerprint density at radius 1 is 1.07 bits per heavy atom. The van der Waals surface area contributed by atoms with Gasteiger partial charge in [0, 0.05) is 16.1 Å². The number of rotatable bonds is 6. The molecule has 0 amide bonds. The van der Waals surface area contributed by atoms with E-state index in [-0.39, 0.29) is 22.7 Å². The van der Waals surface area contributed by atoms with Crippen molar-refractivity contribution in [2.75, 3.05) is 7.11 Å². The lowest BCUT2D eigenvalue weighted by Gasteiger charge is -2.39. The van der Waals surface area contributed by atoms with Gasteiger partial charge >= 0.3 is 0 Å². The van der Waals surface area contributed by atoms with Crippen molar-refractivity contribution in [1.82, 2.24) is 0 Å². The van der Waals surface area contributed by atoms with Gasteiger partial charge in [-0.15, -0.1) is 0 Å². The SMILES string of the molecule is COc1ccccc1[C@@H]1C(C=O)=C[C@H](C(C)C)[C@@H](c2ccccc2)[C@H]1[N+](=O)[O-]. The Labute approximate surface area is 165 Å². The molecule has 0 fully saturated rings. The summed E-state index contributed by atoms with van der Waals surface area (Å²) in [7, 11) is 1.54. The molecular weight excluding hydrogens is 354 g/mol. The first-order chi connectivity index (χ1) is 13.5. The van der Waals surface area contributed by atoms with Crippen molar-refractivity contribution >= 4 is 6.29 Å². The highest BCUT2D eigenvalue weighted by Gasteiger charge is 2.50. The maximum Gasteiger partial charge on any atom is 0.231 e. The van der Waals surface area contributed by atoms with E-state index in [9.17, 15) is 14.9 Å². The van der Waals surface area contributed by atoms with Crippen LogP contribution in [0.2, 0.25) is 0 Å². The topological polar surface area (TPSA) is 69.4 Å². The molecule has 5 heteroatoms. The van der Waals surface area contributed by atoms with Crippen molar-refractivity contribution in [3.63, 3.8) is 0 Å². The number of aldehydes is 1. The van der Waals surface area contributed by atoms with Crippen LogP contribution in [0.5, 0.6) is 5.75 Å². The Morgan fingerprint density at radius 2 is 1.71 bits per heavy atom. The van der Waals surface area contributed by atoms with Crippen LogP contribution in [0.15, 0.2) is 66.2 Å². The fourth-order valence-corrected chi connectivity index (χ4v) is 4.42. The quantitative estimate of drug-likeness (QED) is 0.417. The Balaban J connectivity index is 2.26. The van der Waals surface area contributed by atoms with Crippen LogP contribution in [0, 0.1) is 22.0 Å². The third kappa shape index (κ3) is 3.57. The molecule has 0 unspecified atom stereocenters. The van der Waals surface area contributed by atoms with Gasteiger partial charge in [-0.2, -0.15) is 0 Å². The molecule has 1 aliphatic carbocycles. The smallest absolute Gasteiger partial charge is 0.231 e. The van der Waals surface area contributed by atoms with Crippen molar-refractivity contribution < 1.29 is 14.5 Å². The predicted octanol–water partition coefficient (Wildman–Crippen LogP) is 4.62. The predicted molar refractivity (Wildman–Crippen MR) is 108 cm³/mol. The number of hydrogen-bond donors (Lipinski definition) is 0. The number of nitrogens with zero attached hydrogens (tertiary/aromatic N) is 1. The minimum Gasteiger partial charge on any atom is -0.496 e. The van der Waals surface area contributed by atoms with Crippen molar-refractivity contribution in [2.24, 2.45) is 11.8 Å². The Hall–Kier alpha value is -2.95. The molecule has 3 rings (SSSR count). The number of carbonyl (C=O) groups excluding carboxylic acids is 1. The van der Waals surface area contributed by atoms with E-state index in [1.807, 2.05) is 68.5 Å². The van der Waals surface area contributed by atoms with Crippen LogP contribution in [0.1, 0.15) is 36.8 Å². The lowest BCUT2D eigenvalue weighted by Crippen LogP contribution is -2.43. The zero-order valence-corrected chi connectivity index (χ0v) is 16.3. The van der Waals surface area contributed by atoms with Crippen LogP contribution < -0.4 is 4.74 Å². The second-order valence-electron chi connectivity index (χ2n) is 7.54. The summed E-state index contributed by atoms with van der Waals surface area (Å²) in [5, 5.41) is 12.4. The van der Waals surface area contributed by atoms with Gasteiger partial charge in [-0.1, -0.05) is 68.5 Å². The van der Waals surface area contributed by atoms with Crippen LogP contribution in [0.4, 0.5) is 0 Å². The molecule has 146 valence electrons. The Kier molecular flexibility index (Phi) is 5.93. The number of para-hydroxylation sites is 1. The van der Waals surface area contributed by atoms with Gasteiger partial charge in [0.05, 0.1) is 18.9 Å². The summed E-state index contributed by atoms with van der Waals surface area (Å²) in [5.74, 6) is -0.397. The number of carbonyl (C=O) groups is 1. The number of nitro groups is 1. The summed E-state index contributed by atoms with van der Waals surface area (Å²) in [6.45, 7) is 4.08. The largest absolute Gasteiger partial charge is 0.496 e. The standard InChI is InChI=1S/C23H25NO4/c1-15(2)19-13-17(14-25)22(18-11-7-8-12-20(18)28-3)23(24(26)27)21(19)16-9-5-4-6-10-16/h4-15,19,21-23H,1-3H3/t19-,21-,22+,23-/m1/s1. The van der Waals surface area contributed by atoms with Gasteiger partial charge in [0.25, 0.3) is 0 Å². The average Bonchev–Trinajstić information content (AvgIpc) is 2.72. The van der Waals surface area contributed by atoms with Crippen molar-refractivity contribution in [3.8, 4) is 5.75 Å². The van der Waals surface area contributed by atoms with Gasteiger partial charge < -0.3 is 4.74 Å². The molecule has 2 aromatic carbocycles. The molecule has 2 aromatic rings. The van der Waals surface area contributed by atoms with Crippen LogP contribution in [-0.2, 0) is 4.79 Å². The second kappa shape index (κ2) is 8.38. The zero-order valence-electron chi connectivity index (χ0n) is 16.3. The highest BCUT2D eigenvalue weighted by Crippen LogP contribution is 2.49. The first kappa shape index (κ1) is 19.8. The summed E-state index contributed by atoms with van der Waals surface area (Å²) < 4.78 is 5.47. The van der Waals surface area contributed by atoms with E-state index < -0.39 is 12.0 Å². The Morgan fingerprint density at radius 3 is 2.29 bits per heavy atom. The number of ether oxygens (including phenoxy) is 1. The second-order valence-corrected chi connectivity index (χ2v) is 7.54. The van der Waals surface area contributed by atoms with Crippen molar-refractivity contribution in [2.45, 2.75) is 31.7 Å². The molecule has 0 heterocycles. The maximum absolute atomic E-state index is 12.4. The first-order valence-corrected chi connectivity index (χ1v) is 9.47. The number of methoxy groups -OCH3 is 1. The van der Waals surface area contributed by atoms with E-state index in [1.54, 1.807) is 13.2 Å². The molecule has 28 heavy (non-hydrogen) atoms. The Bertz CT molecular complexity index is 875. The van der Waals surface area contributed by atoms with E-state index in [4.69, 9.17) is 4.74 Å². The fraction of sp³-hybridized carbons (Fsp3) is 0.348. The first-order valence-electron chi connectivity index (χ1n) is 9.47. The number of allylic oxidation sites excluding steroid dienone is 1. The third-order valence-corrected chi connectivity index (χ3v) is 5.68. The molecule has 4 atom stereocenters. The summed E-state index contributed by atoms with van der Waals surface area (Å²) in [6.07, 6.45) is 2.70. The minimum atomic E-state index is -0.962. The molecule has 0 radical (unpaired) electrons. The van der Waals surface area contributed by atoms with E-state index >= 15 is 0 Å². The molecule has 0 saturated heterocycles. The van der Waals surface area contributed by atoms with Crippen molar-refractivity contribution in [1.29, 1.82) is 0 Å². The molecular formula is C23H25NO4. The minimum absolute atomic E-state index is 0.107. The maximum atomic E-state index is 12.4. The molecule has 5 nitrogen and oxygen atoms in total. The van der Waals surface area contributed by atoms with E-state index in [0.717, 1.165) is 11.8 Å². The molecule has 0 aromatic heterocycles. The molecule has 1 aliphatic rings. The molecule has 0 bridgehead atoms. The molecule has 0 spiro atoms. The molecule has 0 N–H and O–H groups in total. The average molecular weight is 379 g/mol. The van der Waals surface area contributed by atoms with Crippen LogP contribution in [-0.4, -0.2) is 24.4 Å². The molecule has 0 aliphatic heterocycles. The summed E-state index contributed by atoms with van der Waals surface area (Å²) in [4.78, 5) is 24.1. The number of hydrogen-bond acceptors (Lipinski definition) is 4. The van der Waals surface area contributed by atoms with Crippen LogP contribution in [0.25, 0.3) is 0 Å². The lowest BCUT2D eigenvalue weighted by molar-refractivity contribution is -0.532. The fourth-order valence-electron chi connectivity index (χ4n) is 4.42. The zero-order chi connectivity index (χ0) is 20.3. The van der Waals surface area contributed by atoms with Gasteiger partial charge in [0.2, 0.25) is 6.04 Å². The van der Waals surface area contributed by atoms with E-state index in [1.165, 1.54) is 0 Å². The molecule has 0 saturated carbocycles. The summed E-state index contributed by atoms with van der Waals surface area (Å²) in [6, 6.07) is 15.9. The monoisotopic (exact) mass is 379 g/mol. The van der Waals surface area contributed by atoms with Crippen LogP contribution >= 0.6 is 0 Å². The summed E-state index contributed by atoms with van der Waals surface area (Å²) in [5.41, 5.74) is 2.05. The van der Waals surface area contributed by atoms with Crippen molar-refractivity contribution in [3.05, 3.63) is 87.5 Å². The van der Waals surface area contributed by atoms with E-state index in [2.05, 4.69) is 0 Å². The summed E-state index contributed by atoms with van der Waals surface area (Å²) >= 11 is 0. The highest BCUT2D eigenvalue weighted by molar-refractivity contribution is 5.77. The van der Waals surface area contributed by atoms with Gasteiger partial charge in [-0.25, -0.2) is 0 Å². The van der Waals surface area contributed by atoms with Gasteiger partial charge in [-0.05, 0) is 23.5 Å². The highest BCUT2D eigenvalue weighted by atomic mass is 16.6.